The fourth-order valence-electron chi connectivity index (χ4n) is 4.67. The maximum atomic E-state index is 13.5. The minimum atomic E-state index is -1.79. The van der Waals surface area contributed by atoms with Gasteiger partial charge in [0.05, 0.1) is 12.5 Å². The first-order valence-electron chi connectivity index (χ1n) is 14.1. The molecular formula is C31H39N3O9. The number of ether oxygens (including phenoxy) is 2. The Labute approximate surface area is 250 Å². The highest BCUT2D eigenvalue weighted by atomic mass is 16.6. The van der Waals surface area contributed by atoms with Crippen LogP contribution in [0.4, 0.5) is 4.79 Å². The number of carbonyl (C=O) groups excluding carboxylic acids is 4. The molecule has 0 saturated carbocycles. The molecular weight excluding hydrogens is 558 g/mol. The summed E-state index contributed by atoms with van der Waals surface area (Å²) in [6, 6.07) is 13.8. The second kappa shape index (κ2) is 15.1. The molecule has 3 amide bonds. The number of carboxylic acid groups (broad SMARTS) is 1. The van der Waals surface area contributed by atoms with E-state index in [-0.39, 0.29) is 19.6 Å². The number of likely N-dealkylation sites (tertiary alicyclic amines) is 1. The molecule has 2 aromatic carbocycles. The number of benzene rings is 2. The van der Waals surface area contributed by atoms with E-state index in [1.807, 2.05) is 0 Å². The number of rotatable bonds is 12. The monoisotopic (exact) mass is 597 g/mol. The second-order valence-corrected chi connectivity index (χ2v) is 11.3. The molecule has 4 unspecified atom stereocenters. The zero-order valence-electron chi connectivity index (χ0n) is 24.5. The van der Waals surface area contributed by atoms with Gasteiger partial charge in [-0.2, -0.15) is 0 Å². The number of alkyl carbamates (subject to hydrolysis) is 1. The Hall–Kier alpha value is -4.45. The molecule has 1 aliphatic heterocycles. The van der Waals surface area contributed by atoms with Crippen molar-refractivity contribution in [1.82, 2.24) is 15.5 Å². The second-order valence-electron chi connectivity index (χ2n) is 11.3. The van der Waals surface area contributed by atoms with Gasteiger partial charge >= 0.3 is 18.0 Å². The Kier molecular flexibility index (Phi) is 11.6. The zero-order chi connectivity index (χ0) is 31.6. The van der Waals surface area contributed by atoms with Gasteiger partial charge in [0.2, 0.25) is 5.91 Å². The number of aliphatic hydroxyl groups excluding tert-OH is 1. The molecule has 0 spiro atoms. The lowest BCUT2D eigenvalue weighted by molar-refractivity contribution is -0.165. The number of aliphatic hydroxyl groups is 1. The first-order chi connectivity index (χ1) is 20.3. The normalized spacial score (nSPS) is 16.8. The summed E-state index contributed by atoms with van der Waals surface area (Å²) >= 11 is 0. The van der Waals surface area contributed by atoms with Crippen LogP contribution in [0.15, 0.2) is 60.7 Å². The topological polar surface area (TPSA) is 172 Å². The third kappa shape index (κ3) is 10.4. The number of carboxylic acids is 1. The molecule has 0 aliphatic carbocycles. The molecule has 12 heteroatoms. The van der Waals surface area contributed by atoms with E-state index < -0.39 is 66.1 Å². The molecule has 2 aromatic rings. The van der Waals surface area contributed by atoms with Crippen LogP contribution in [-0.4, -0.2) is 81.3 Å². The summed E-state index contributed by atoms with van der Waals surface area (Å²) in [5, 5.41) is 25.5. The molecule has 3 rings (SSSR count). The first kappa shape index (κ1) is 33.1. The molecule has 43 heavy (non-hydrogen) atoms. The number of aliphatic carboxylic acids is 1. The van der Waals surface area contributed by atoms with Crippen LogP contribution in [0.3, 0.4) is 0 Å². The summed E-state index contributed by atoms with van der Waals surface area (Å²) in [6.45, 7) is 5.25. The van der Waals surface area contributed by atoms with Gasteiger partial charge < -0.3 is 35.2 Å². The zero-order valence-corrected chi connectivity index (χ0v) is 24.5. The molecule has 1 saturated heterocycles. The van der Waals surface area contributed by atoms with Crippen molar-refractivity contribution in [3.8, 4) is 0 Å². The molecule has 12 nitrogen and oxygen atoms in total. The lowest BCUT2D eigenvalue weighted by atomic mass is 9.99. The van der Waals surface area contributed by atoms with Crippen LogP contribution in [0.2, 0.25) is 0 Å². The van der Waals surface area contributed by atoms with Gasteiger partial charge in [-0.15, -0.1) is 0 Å². The lowest BCUT2D eigenvalue weighted by Crippen LogP contribution is -2.58. The molecule has 1 heterocycles. The Morgan fingerprint density at radius 3 is 2.14 bits per heavy atom. The Morgan fingerprint density at radius 2 is 1.56 bits per heavy atom. The van der Waals surface area contributed by atoms with Gasteiger partial charge in [0.15, 0.2) is 6.10 Å². The number of amides is 3. The number of hydrogen-bond acceptors (Lipinski definition) is 8. The minimum Gasteiger partial charge on any atom is -0.481 e. The van der Waals surface area contributed by atoms with Crippen LogP contribution >= 0.6 is 0 Å². The molecule has 4 atom stereocenters. The van der Waals surface area contributed by atoms with E-state index in [4.69, 9.17) is 9.47 Å². The van der Waals surface area contributed by atoms with Gasteiger partial charge in [0, 0.05) is 6.54 Å². The average Bonchev–Trinajstić information content (AvgIpc) is 3.45. The van der Waals surface area contributed by atoms with Gasteiger partial charge in [-0.25, -0.2) is 9.59 Å². The van der Waals surface area contributed by atoms with E-state index in [0.717, 1.165) is 0 Å². The summed E-state index contributed by atoms with van der Waals surface area (Å²) in [6.07, 6.45) is -2.70. The van der Waals surface area contributed by atoms with Crippen LogP contribution in [0.25, 0.3) is 0 Å². The summed E-state index contributed by atoms with van der Waals surface area (Å²) in [4.78, 5) is 64.9. The fraction of sp³-hybridized carbons (Fsp3) is 0.452. The standard InChI is InChI=1S/C31H39N3O9/c1-31(2,3)43-29(40)24-15-10-16-34(24)28(39)26(37)22(17-20-11-6-4-7-12-20)32-27(38)23(18-25(35)36)33-30(41)42-19-21-13-8-5-9-14-21/h4-9,11-14,22-24,26,37H,10,15-19H2,1-3H3,(H,32,38)(H,33,41)(H,35,36). The highest BCUT2D eigenvalue weighted by Crippen LogP contribution is 2.23. The predicted molar refractivity (Wildman–Crippen MR) is 154 cm³/mol. The number of hydrogen-bond donors (Lipinski definition) is 4. The van der Waals surface area contributed by atoms with Gasteiger partial charge in [-0.05, 0) is 51.2 Å². The van der Waals surface area contributed by atoms with E-state index in [2.05, 4.69) is 10.6 Å². The van der Waals surface area contributed by atoms with E-state index >= 15 is 0 Å². The molecule has 1 aliphatic rings. The minimum absolute atomic E-state index is 0.00265. The van der Waals surface area contributed by atoms with Crippen LogP contribution in [0.1, 0.15) is 51.2 Å². The summed E-state index contributed by atoms with van der Waals surface area (Å²) in [5.41, 5.74) is 0.591. The third-order valence-electron chi connectivity index (χ3n) is 6.68. The van der Waals surface area contributed by atoms with Gasteiger partial charge in [-0.1, -0.05) is 60.7 Å². The maximum Gasteiger partial charge on any atom is 0.408 e. The average molecular weight is 598 g/mol. The Morgan fingerprint density at radius 1 is 0.953 bits per heavy atom. The first-order valence-corrected chi connectivity index (χ1v) is 14.1. The Balaban J connectivity index is 1.76. The molecule has 4 N–H and O–H groups in total. The largest absolute Gasteiger partial charge is 0.481 e. The van der Waals surface area contributed by atoms with Crippen LogP contribution in [-0.2, 0) is 41.7 Å². The van der Waals surface area contributed by atoms with Crippen molar-refractivity contribution in [1.29, 1.82) is 0 Å². The lowest BCUT2D eigenvalue weighted by Gasteiger charge is -2.32. The van der Waals surface area contributed by atoms with E-state index in [0.29, 0.717) is 24.0 Å². The number of nitrogens with one attached hydrogen (secondary N) is 2. The van der Waals surface area contributed by atoms with Gasteiger partial charge in [0.1, 0.15) is 24.3 Å². The van der Waals surface area contributed by atoms with Crippen molar-refractivity contribution in [2.75, 3.05) is 6.54 Å². The smallest absolute Gasteiger partial charge is 0.408 e. The molecule has 232 valence electrons. The fourth-order valence-corrected chi connectivity index (χ4v) is 4.67. The van der Waals surface area contributed by atoms with E-state index in [1.54, 1.807) is 81.4 Å². The summed E-state index contributed by atoms with van der Waals surface area (Å²) in [7, 11) is 0. The highest BCUT2D eigenvalue weighted by molar-refractivity contribution is 5.91. The van der Waals surface area contributed by atoms with Crippen molar-refractivity contribution >= 4 is 29.8 Å². The van der Waals surface area contributed by atoms with Crippen LogP contribution in [0.5, 0.6) is 0 Å². The van der Waals surface area contributed by atoms with Crippen LogP contribution in [0, 0.1) is 0 Å². The van der Waals surface area contributed by atoms with Crippen molar-refractivity contribution in [3.05, 3.63) is 71.8 Å². The van der Waals surface area contributed by atoms with Crippen LogP contribution < -0.4 is 10.6 Å². The predicted octanol–water partition coefficient (Wildman–Crippen LogP) is 2.18. The van der Waals surface area contributed by atoms with Gasteiger partial charge in [-0.3, -0.25) is 14.4 Å². The molecule has 1 fully saturated rings. The highest BCUT2D eigenvalue weighted by Gasteiger charge is 2.41. The number of nitrogens with zero attached hydrogens (tertiary/aromatic N) is 1. The Bertz CT molecular complexity index is 1260. The van der Waals surface area contributed by atoms with Crippen molar-refractivity contribution in [2.45, 2.75) is 82.9 Å². The number of esters is 1. The number of carbonyl (C=O) groups is 5. The SMILES string of the molecule is CC(C)(C)OC(=O)C1CCCN1C(=O)C(O)C(Cc1ccccc1)NC(=O)C(CC(=O)O)NC(=O)OCc1ccccc1. The molecule has 0 aromatic heterocycles. The van der Waals surface area contributed by atoms with E-state index in [9.17, 15) is 34.2 Å². The van der Waals surface area contributed by atoms with Crippen molar-refractivity contribution in [3.63, 3.8) is 0 Å². The third-order valence-corrected chi connectivity index (χ3v) is 6.68. The van der Waals surface area contributed by atoms with E-state index in [1.165, 1.54) is 4.90 Å². The van der Waals surface area contributed by atoms with Crippen molar-refractivity contribution < 1.29 is 43.7 Å². The molecule has 0 bridgehead atoms. The quantitative estimate of drug-likeness (QED) is 0.268. The summed E-state index contributed by atoms with van der Waals surface area (Å²) in [5.74, 6) is -3.66. The van der Waals surface area contributed by atoms with Gasteiger partial charge in [0.25, 0.3) is 5.91 Å². The maximum absolute atomic E-state index is 13.5. The molecule has 0 radical (unpaired) electrons. The summed E-state index contributed by atoms with van der Waals surface area (Å²) < 4.78 is 10.6. The van der Waals surface area contributed by atoms with Crippen molar-refractivity contribution in [2.24, 2.45) is 0 Å².